The van der Waals surface area contributed by atoms with Crippen molar-refractivity contribution in [2.24, 2.45) is 5.92 Å². The summed E-state index contributed by atoms with van der Waals surface area (Å²) in [6, 6.07) is 0.322. The number of likely N-dealkylation sites (tertiary alicyclic amines) is 1. The normalized spacial score (nSPS) is 32.8. The third-order valence-electron chi connectivity index (χ3n) is 3.90. The first-order chi connectivity index (χ1) is 8.02. The van der Waals surface area contributed by atoms with Gasteiger partial charge in [0.15, 0.2) is 0 Å². The third kappa shape index (κ3) is 2.94. The predicted molar refractivity (Wildman–Crippen MR) is 60.9 cm³/mol. The Balaban J connectivity index is 1.92. The summed E-state index contributed by atoms with van der Waals surface area (Å²) in [6.45, 7) is 1.36. The van der Waals surface area contributed by atoms with Crippen LogP contribution in [0.4, 0.5) is 8.78 Å². The molecular formula is C12H20F2N2O. The van der Waals surface area contributed by atoms with E-state index in [1.54, 1.807) is 4.90 Å². The number of rotatable bonds is 2. The Bertz CT molecular complexity index is 296. The van der Waals surface area contributed by atoms with Gasteiger partial charge in [-0.2, -0.15) is 0 Å². The van der Waals surface area contributed by atoms with E-state index in [4.69, 9.17) is 0 Å². The number of hydrogen-bond acceptors (Lipinski definition) is 2. The van der Waals surface area contributed by atoms with E-state index >= 15 is 0 Å². The molecule has 0 spiro atoms. The van der Waals surface area contributed by atoms with Crippen LogP contribution in [0, 0.1) is 5.92 Å². The van der Waals surface area contributed by atoms with Crippen LogP contribution in [0.15, 0.2) is 0 Å². The quantitative estimate of drug-likeness (QED) is 0.803. The van der Waals surface area contributed by atoms with E-state index in [0.29, 0.717) is 32.0 Å². The molecule has 1 saturated heterocycles. The highest BCUT2D eigenvalue weighted by Gasteiger charge is 2.41. The molecule has 2 unspecified atom stereocenters. The number of hydrogen-bond donors (Lipinski definition) is 1. The molecule has 0 aromatic carbocycles. The van der Waals surface area contributed by atoms with Crippen molar-refractivity contribution in [3.63, 3.8) is 0 Å². The lowest BCUT2D eigenvalue weighted by Gasteiger charge is -2.30. The molecule has 1 aliphatic carbocycles. The number of amides is 1. The molecule has 2 atom stereocenters. The van der Waals surface area contributed by atoms with Gasteiger partial charge in [-0.15, -0.1) is 0 Å². The molecule has 1 saturated carbocycles. The van der Waals surface area contributed by atoms with Gasteiger partial charge in [-0.05, 0) is 26.3 Å². The minimum Gasteiger partial charge on any atom is -0.341 e. The molecule has 0 aromatic heterocycles. The van der Waals surface area contributed by atoms with Crippen LogP contribution in [-0.2, 0) is 4.79 Å². The van der Waals surface area contributed by atoms with Gasteiger partial charge in [0.1, 0.15) is 0 Å². The van der Waals surface area contributed by atoms with E-state index in [0.717, 1.165) is 6.42 Å². The second kappa shape index (κ2) is 4.88. The van der Waals surface area contributed by atoms with Gasteiger partial charge in [-0.25, -0.2) is 8.78 Å². The van der Waals surface area contributed by atoms with E-state index in [2.05, 4.69) is 5.32 Å². The van der Waals surface area contributed by atoms with Gasteiger partial charge < -0.3 is 10.2 Å². The van der Waals surface area contributed by atoms with Crippen LogP contribution in [0.1, 0.15) is 32.1 Å². The van der Waals surface area contributed by atoms with E-state index in [-0.39, 0.29) is 18.7 Å². The maximum absolute atomic E-state index is 13.3. The highest BCUT2D eigenvalue weighted by Crippen LogP contribution is 2.37. The van der Waals surface area contributed by atoms with Gasteiger partial charge in [-0.3, -0.25) is 4.79 Å². The number of likely N-dealkylation sites (N-methyl/N-ethyl adjacent to an activating group) is 1. The van der Waals surface area contributed by atoms with Crippen LogP contribution in [0.2, 0.25) is 0 Å². The average Bonchev–Trinajstić information content (AvgIpc) is 2.75. The Morgan fingerprint density at radius 3 is 2.76 bits per heavy atom. The molecule has 1 N–H and O–H groups in total. The molecule has 0 aromatic rings. The highest BCUT2D eigenvalue weighted by atomic mass is 19.3. The van der Waals surface area contributed by atoms with Crippen molar-refractivity contribution >= 4 is 5.91 Å². The van der Waals surface area contributed by atoms with Gasteiger partial charge in [0, 0.05) is 37.9 Å². The Kier molecular flexibility index (Phi) is 3.66. The van der Waals surface area contributed by atoms with Gasteiger partial charge in [-0.1, -0.05) is 0 Å². The third-order valence-corrected chi connectivity index (χ3v) is 3.90. The molecule has 1 aliphatic heterocycles. The predicted octanol–water partition coefficient (Wildman–Crippen LogP) is 1.63. The fourth-order valence-corrected chi connectivity index (χ4v) is 2.84. The van der Waals surface area contributed by atoms with Crippen molar-refractivity contribution in [1.29, 1.82) is 0 Å². The molecule has 3 nitrogen and oxygen atoms in total. The van der Waals surface area contributed by atoms with E-state index < -0.39 is 11.8 Å². The van der Waals surface area contributed by atoms with Crippen molar-refractivity contribution in [3.8, 4) is 0 Å². The van der Waals surface area contributed by atoms with Crippen LogP contribution in [0.3, 0.4) is 0 Å². The molecule has 1 heterocycles. The van der Waals surface area contributed by atoms with Crippen molar-refractivity contribution < 1.29 is 13.6 Å². The first-order valence-electron chi connectivity index (χ1n) is 6.36. The summed E-state index contributed by atoms with van der Waals surface area (Å²) in [5.74, 6) is -3.17. The summed E-state index contributed by atoms with van der Waals surface area (Å²) in [6.07, 6.45) is 1.69. The Hall–Kier alpha value is -0.710. The molecular weight excluding hydrogens is 226 g/mol. The molecule has 2 fully saturated rings. The maximum Gasteiger partial charge on any atom is 0.248 e. The summed E-state index contributed by atoms with van der Waals surface area (Å²) >= 11 is 0. The van der Waals surface area contributed by atoms with Gasteiger partial charge >= 0.3 is 0 Å². The van der Waals surface area contributed by atoms with Crippen LogP contribution >= 0.6 is 0 Å². The number of carbonyl (C=O) groups excluding carboxylic acids is 1. The summed E-state index contributed by atoms with van der Waals surface area (Å²) in [5, 5.41) is 3.13. The lowest BCUT2D eigenvalue weighted by atomic mass is 9.85. The highest BCUT2D eigenvalue weighted by molar-refractivity contribution is 5.79. The van der Waals surface area contributed by atoms with Crippen LogP contribution in [0.25, 0.3) is 0 Å². The lowest BCUT2D eigenvalue weighted by molar-refractivity contribution is -0.141. The van der Waals surface area contributed by atoms with Crippen LogP contribution in [-0.4, -0.2) is 42.9 Å². The number of halogens is 2. The monoisotopic (exact) mass is 246 g/mol. The van der Waals surface area contributed by atoms with Crippen LogP contribution in [0.5, 0.6) is 0 Å². The summed E-state index contributed by atoms with van der Waals surface area (Å²) in [4.78, 5) is 13.9. The molecule has 17 heavy (non-hydrogen) atoms. The number of nitrogens with one attached hydrogen (secondary N) is 1. The number of alkyl halides is 2. The molecule has 0 bridgehead atoms. The Morgan fingerprint density at radius 2 is 2.18 bits per heavy atom. The molecule has 1 amide bonds. The van der Waals surface area contributed by atoms with Crippen molar-refractivity contribution in [2.45, 2.75) is 44.1 Å². The van der Waals surface area contributed by atoms with Crippen molar-refractivity contribution in [2.75, 3.05) is 20.1 Å². The molecule has 0 radical (unpaired) electrons. The van der Waals surface area contributed by atoms with Crippen molar-refractivity contribution in [3.05, 3.63) is 0 Å². The molecule has 2 aliphatic rings. The second-order valence-corrected chi connectivity index (χ2v) is 5.21. The standard InChI is InChI=1S/C12H20F2N2O/c1-15-10-4-6-16(8-10)11(17)9-3-2-5-12(13,14)7-9/h9-10,15H,2-8H2,1H3. The zero-order chi connectivity index (χ0) is 12.5. The zero-order valence-corrected chi connectivity index (χ0v) is 10.2. The topological polar surface area (TPSA) is 32.3 Å². The smallest absolute Gasteiger partial charge is 0.248 e. The summed E-state index contributed by atoms with van der Waals surface area (Å²) in [7, 11) is 1.87. The molecule has 5 heteroatoms. The van der Waals surface area contributed by atoms with Gasteiger partial charge in [0.05, 0.1) is 0 Å². The molecule has 98 valence electrons. The zero-order valence-electron chi connectivity index (χ0n) is 10.2. The lowest BCUT2D eigenvalue weighted by Crippen LogP contribution is -2.40. The number of nitrogens with zero attached hydrogens (tertiary/aromatic N) is 1. The summed E-state index contributed by atoms with van der Waals surface area (Å²) < 4.78 is 26.5. The van der Waals surface area contributed by atoms with Crippen LogP contribution < -0.4 is 5.32 Å². The first kappa shape index (κ1) is 12.7. The first-order valence-corrected chi connectivity index (χ1v) is 6.36. The Morgan fingerprint density at radius 1 is 1.41 bits per heavy atom. The van der Waals surface area contributed by atoms with E-state index in [1.165, 1.54) is 0 Å². The van der Waals surface area contributed by atoms with E-state index in [9.17, 15) is 13.6 Å². The number of carbonyl (C=O) groups is 1. The molecule has 2 rings (SSSR count). The Labute approximate surface area is 101 Å². The second-order valence-electron chi connectivity index (χ2n) is 5.21. The maximum atomic E-state index is 13.3. The SMILES string of the molecule is CNC1CCN(C(=O)C2CCCC(F)(F)C2)C1. The fraction of sp³-hybridized carbons (Fsp3) is 0.917. The minimum atomic E-state index is -2.64. The van der Waals surface area contributed by atoms with Crippen molar-refractivity contribution in [1.82, 2.24) is 10.2 Å². The van der Waals surface area contributed by atoms with Gasteiger partial charge in [0.2, 0.25) is 11.8 Å². The summed E-state index contributed by atoms with van der Waals surface area (Å²) in [5.41, 5.74) is 0. The minimum absolute atomic E-state index is 0.0596. The average molecular weight is 246 g/mol. The largest absolute Gasteiger partial charge is 0.341 e. The van der Waals surface area contributed by atoms with E-state index in [1.807, 2.05) is 7.05 Å². The van der Waals surface area contributed by atoms with Gasteiger partial charge in [0.25, 0.3) is 0 Å². The fourth-order valence-electron chi connectivity index (χ4n) is 2.84.